The Labute approximate surface area is 172 Å². The standard InChI is InChI=1S/C23H22F3NO3/c1-5-19-14(3)22(30-15(4)28)18-11-21(13(2)10-20(18)27-19)29-12-16-6-8-17(9-7-16)23(24,25)26/h6-11H,5,12H2,1-4H3. The van der Waals surface area contributed by atoms with Crippen LogP contribution >= 0.6 is 0 Å². The summed E-state index contributed by atoms with van der Waals surface area (Å²) in [5.41, 5.74) is 3.05. The minimum atomic E-state index is -4.37. The number of rotatable bonds is 5. The summed E-state index contributed by atoms with van der Waals surface area (Å²) >= 11 is 0. The molecule has 3 rings (SSSR count). The number of nitrogens with zero attached hydrogens (tertiary/aromatic N) is 1. The third-order valence-electron chi connectivity index (χ3n) is 4.82. The monoisotopic (exact) mass is 417 g/mol. The maximum absolute atomic E-state index is 12.7. The minimum Gasteiger partial charge on any atom is -0.489 e. The van der Waals surface area contributed by atoms with Crippen molar-refractivity contribution in [2.24, 2.45) is 0 Å². The van der Waals surface area contributed by atoms with E-state index in [0.29, 0.717) is 34.4 Å². The van der Waals surface area contributed by atoms with Crippen molar-refractivity contribution < 1.29 is 27.4 Å². The lowest BCUT2D eigenvalue weighted by molar-refractivity contribution is -0.137. The Bertz CT molecular complexity index is 1090. The molecule has 30 heavy (non-hydrogen) atoms. The topological polar surface area (TPSA) is 48.4 Å². The summed E-state index contributed by atoms with van der Waals surface area (Å²) in [5.74, 6) is 0.561. The highest BCUT2D eigenvalue weighted by Crippen LogP contribution is 2.35. The minimum absolute atomic E-state index is 0.104. The molecule has 0 N–H and O–H groups in total. The zero-order valence-corrected chi connectivity index (χ0v) is 17.2. The Hall–Kier alpha value is -3.09. The fourth-order valence-electron chi connectivity index (χ4n) is 3.24. The number of carbonyl (C=O) groups excluding carboxylic acids is 1. The first-order valence-electron chi connectivity index (χ1n) is 9.51. The molecule has 0 aliphatic heterocycles. The molecule has 0 unspecified atom stereocenters. The second-order valence-corrected chi connectivity index (χ2v) is 7.08. The number of aromatic nitrogens is 1. The Morgan fingerprint density at radius 1 is 1.10 bits per heavy atom. The van der Waals surface area contributed by atoms with Gasteiger partial charge in [0.15, 0.2) is 0 Å². The number of alkyl halides is 3. The van der Waals surface area contributed by atoms with Crippen LogP contribution in [0, 0.1) is 13.8 Å². The number of ether oxygens (including phenoxy) is 2. The normalized spacial score (nSPS) is 11.6. The van der Waals surface area contributed by atoms with E-state index in [0.717, 1.165) is 29.0 Å². The van der Waals surface area contributed by atoms with Gasteiger partial charge in [-0.15, -0.1) is 0 Å². The van der Waals surface area contributed by atoms with Crippen molar-refractivity contribution in [3.05, 3.63) is 64.3 Å². The van der Waals surface area contributed by atoms with Crippen molar-refractivity contribution in [3.63, 3.8) is 0 Å². The fraction of sp³-hybridized carbons (Fsp3) is 0.304. The molecule has 0 aliphatic rings. The summed E-state index contributed by atoms with van der Waals surface area (Å²) in [4.78, 5) is 16.3. The summed E-state index contributed by atoms with van der Waals surface area (Å²) in [6, 6.07) is 8.45. The number of halogens is 3. The van der Waals surface area contributed by atoms with E-state index >= 15 is 0 Å². The molecular weight excluding hydrogens is 395 g/mol. The smallest absolute Gasteiger partial charge is 0.416 e. The molecule has 7 heteroatoms. The van der Waals surface area contributed by atoms with Crippen LogP contribution in [0.1, 0.15) is 41.8 Å². The molecule has 2 aromatic carbocycles. The van der Waals surface area contributed by atoms with E-state index in [4.69, 9.17) is 9.47 Å². The van der Waals surface area contributed by atoms with Gasteiger partial charge >= 0.3 is 12.1 Å². The number of aryl methyl sites for hydroxylation is 2. The van der Waals surface area contributed by atoms with Gasteiger partial charge in [-0.1, -0.05) is 19.1 Å². The van der Waals surface area contributed by atoms with Crippen LogP contribution in [-0.2, 0) is 24.0 Å². The zero-order valence-electron chi connectivity index (χ0n) is 17.2. The average Bonchev–Trinajstić information content (AvgIpc) is 2.68. The van der Waals surface area contributed by atoms with Gasteiger partial charge in [-0.25, -0.2) is 0 Å². The molecule has 3 aromatic rings. The van der Waals surface area contributed by atoms with E-state index in [2.05, 4.69) is 4.98 Å². The molecule has 158 valence electrons. The second-order valence-electron chi connectivity index (χ2n) is 7.08. The molecule has 0 fully saturated rings. The first kappa shape index (κ1) is 21.6. The van der Waals surface area contributed by atoms with Crippen molar-refractivity contribution in [1.82, 2.24) is 4.98 Å². The number of pyridine rings is 1. The lowest BCUT2D eigenvalue weighted by Gasteiger charge is -2.16. The van der Waals surface area contributed by atoms with Gasteiger partial charge in [0.2, 0.25) is 0 Å². The molecule has 0 atom stereocenters. The molecule has 0 saturated carbocycles. The largest absolute Gasteiger partial charge is 0.489 e. The summed E-state index contributed by atoms with van der Waals surface area (Å²) in [5, 5.41) is 0.646. The van der Waals surface area contributed by atoms with E-state index in [9.17, 15) is 18.0 Å². The van der Waals surface area contributed by atoms with Crippen LogP contribution in [0.15, 0.2) is 36.4 Å². The predicted octanol–water partition coefficient (Wildman–Crippen LogP) is 5.94. The summed E-state index contributed by atoms with van der Waals surface area (Å²) in [6.45, 7) is 7.14. The molecule has 1 aromatic heterocycles. The Morgan fingerprint density at radius 2 is 1.77 bits per heavy atom. The first-order chi connectivity index (χ1) is 14.1. The van der Waals surface area contributed by atoms with Crippen LogP contribution in [0.4, 0.5) is 13.2 Å². The Morgan fingerprint density at radius 3 is 2.33 bits per heavy atom. The van der Waals surface area contributed by atoms with Gasteiger partial charge in [-0.05, 0) is 55.7 Å². The lowest BCUT2D eigenvalue weighted by Crippen LogP contribution is -2.07. The molecule has 0 spiro atoms. The molecular formula is C23H22F3NO3. The molecule has 4 nitrogen and oxygen atoms in total. The first-order valence-corrected chi connectivity index (χ1v) is 9.51. The van der Waals surface area contributed by atoms with Gasteiger partial charge in [0.1, 0.15) is 18.1 Å². The van der Waals surface area contributed by atoms with E-state index in [-0.39, 0.29) is 6.61 Å². The SMILES string of the molecule is CCc1nc2cc(C)c(OCc3ccc(C(F)(F)F)cc3)cc2c(OC(C)=O)c1C. The van der Waals surface area contributed by atoms with E-state index in [1.807, 2.05) is 26.8 Å². The maximum atomic E-state index is 12.7. The van der Waals surface area contributed by atoms with Crippen LogP contribution in [0.3, 0.4) is 0 Å². The maximum Gasteiger partial charge on any atom is 0.416 e. The quantitative estimate of drug-likeness (QED) is 0.482. The zero-order chi connectivity index (χ0) is 22.1. The van der Waals surface area contributed by atoms with Crippen LogP contribution in [0.5, 0.6) is 11.5 Å². The number of carbonyl (C=O) groups is 1. The van der Waals surface area contributed by atoms with Crippen molar-refractivity contribution in [1.29, 1.82) is 0 Å². The lowest BCUT2D eigenvalue weighted by atomic mass is 10.0. The van der Waals surface area contributed by atoms with Crippen molar-refractivity contribution in [2.75, 3.05) is 0 Å². The fourth-order valence-corrected chi connectivity index (χ4v) is 3.24. The molecule has 0 bridgehead atoms. The second kappa shape index (κ2) is 8.34. The number of hydrogen-bond donors (Lipinski definition) is 0. The van der Waals surface area contributed by atoms with E-state index in [1.54, 1.807) is 6.07 Å². The molecule has 0 saturated heterocycles. The molecule has 0 amide bonds. The predicted molar refractivity (Wildman–Crippen MR) is 108 cm³/mol. The number of hydrogen-bond acceptors (Lipinski definition) is 4. The Kier molecular flexibility index (Phi) is 6.01. The Balaban J connectivity index is 1.94. The van der Waals surface area contributed by atoms with E-state index < -0.39 is 17.7 Å². The molecule has 0 aliphatic carbocycles. The summed E-state index contributed by atoms with van der Waals surface area (Å²) in [7, 11) is 0. The van der Waals surface area contributed by atoms with Gasteiger partial charge in [0.05, 0.1) is 11.1 Å². The van der Waals surface area contributed by atoms with Crippen LogP contribution in [0.25, 0.3) is 10.9 Å². The van der Waals surface area contributed by atoms with Crippen molar-refractivity contribution in [2.45, 2.75) is 46.9 Å². The number of benzene rings is 2. The van der Waals surface area contributed by atoms with Gasteiger partial charge < -0.3 is 9.47 Å². The molecule has 0 radical (unpaired) electrons. The van der Waals surface area contributed by atoms with Gasteiger partial charge in [-0.3, -0.25) is 9.78 Å². The van der Waals surface area contributed by atoms with Crippen LogP contribution in [-0.4, -0.2) is 11.0 Å². The molecule has 1 heterocycles. The number of fused-ring (bicyclic) bond motifs is 1. The van der Waals surface area contributed by atoms with Crippen LogP contribution < -0.4 is 9.47 Å². The highest BCUT2D eigenvalue weighted by Gasteiger charge is 2.29. The van der Waals surface area contributed by atoms with Crippen molar-refractivity contribution >= 4 is 16.9 Å². The van der Waals surface area contributed by atoms with Crippen molar-refractivity contribution in [3.8, 4) is 11.5 Å². The van der Waals surface area contributed by atoms with Gasteiger partial charge in [0, 0.05) is 23.6 Å². The van der Waals surface area contributed by atoms with Crippen LogP contribution in [0.2, 0.25) is 0 Å². The van der Waals surface area contributed by atoms with Gasteiger partial charge in [-0.2, -0.15) is 13.2 Å². The summed E-state index contributed by atoms with van der Waals surface area (Å²) in [6.07, 6.45) is -3.68. The highest BCUT2D eigenvalue weighted by atomic mass is 19.4. The average molecular weight is 417 g/mol. The number of esters is 1. The third-order valence-corrected chi connectivity index (χ3v) is 4.82. The highest BCUT2D eigenvalue weighted by molar-refractivity contribution is 5.91. The third kappa shape index (κ3) is 4.56. The summed E-state index contributed by atoms with van der Waals surface area (Å²) < 4.78 is 49.5. The van der Waals surface area contributed by atoms with Gasteiger partial charge in [0.25, 0.3) is 0 Å². The van der Waals surface area contributed by atoms with E-state index in [1.165, 1.54) is 19.1 Å².